The van der Waals surface area contributed by atoms with Gasteiger partial charge in [0, 0.05) is 16.7 Å². The summed E-state index contributed by atoms with van der Waals surface area (Å²) >= 11 is 1.91. The lowest BCUT2D eigenvalue weighted by molar-refractivity contribution is 0.761. The molecule has 0 radical (unpaired) electrons. The molecule has 0 amide bonds. The predicted octanol–water partition coefficient (Wildman–Crippen LogP) is 3.29. The van der Waals surface area contributed by atoms with Crippen molar-refractivity contribution >= 4 is 16.8 Å². The van der Waals surface area contributed by atoms with E-state index in [1.807, 2.05) is 17.8 Å². The van der Waals surface area contributed by atoms with Gasteiger partial charge in [0.15, 0.2) is 0 Å². The second-order valence-corrected chi connectivity index (χ2v) is 5.24. The third kappa shape index (κ3) is 1.85. The van der Waals surface area contributed by atoms with Crippen LogP contribution in [0.3, 0.4) is 0 Å². The first-order chi connectivity index (χ1) is 7.93. The van der Waals surface area contributed by atoms with Gasteiger partial charge in [0.1, 0.15) is 0 Å². The normalized spacial score (nSPS) is 24.0. The average Bonchev–Trinajstić information content (AvgIpc) is 3.01. The third-order valence-electron chi connectivity index (χ3n) is 2.91. The largest absolute Gasteiger partial charge is 0.277 e. The summed E-state index contributed by atoms with van der Waals surface area (Å²) in [7, 11) is 0. The molecule has 16 heavy (non-hydrogen) atoms. The zero-order chi connectivity index (χ0) is 10.8. The molecule has 1 nitrogen and oxygen atoms in total. The highest BCUT2D eigenvalue weighted by Crippen LogP contribution is 2.33. The summed E-state index contributed by atoms with van der Waals surface area (Å²) < 4.78 is 0. The molecule has 0 aromatic heterocycles. The number of nitrogens with zero attached hydrogens (tertiary/aromatic N) is 1. The zero-order valence-electron chi connectivity index (χ0n) is 8.91. The molecule has 0 N–H and O–H groups in total. The highest BCUT2D eigenvalue weighted by Gasteiger charge is 2.26. The van der Waals surface area contributed by atoms with Crippen molar-refractivity contribution in [3.8, 4) is 0 Å². The first-order valence-electron chi connectivity index (χ1n) is 5.55. The maximum absolute atomic E-state index is 4.64. The number of aliphatic imine (C=N–C) groups is 1. The van der Waals surface area contributed by atoms with Crippen molar-refractivity contribution in [2.75, 3.05) is 6.54 Å². The molecule has 1 aliphatic carbocycles. The highest BCUT2D eigenvalue weighted by atomic mass is 32.2. The summed E-state index contributed by atoms with van der Waals surface area (Å²) in [5.41, 5.74) is 1.25. The Morgan fingerprint density at radius 1 is 1.06 bits per heavy atom. The fourth-order valence-electron chi connectivity index (χ4n) is 2.03. The lowest BCUT2D eigenvalue weighted by Gasteiger charge is -2.12. The smallest absolute Gasteiger partial charge is 0.0980 e. The Hall–Kier alpha value is -1.28. The Bertz CT molecular complexity index is 447. The molecule has 0 fully saturated rings. The van der Waals surface area contributed by atoms with Crippen LogP contribution in [0, 0.1) is 5.92 Å². The van der Waals surface area contributed by atoms with Crippen molar-refractivity contribution in [3.63, 3.8) is 0 Å². The molecule has 1 atom stereocenters. The van der Waals surface area contributed by atoms with Gasteiger partial charge in [0.05, 0.1) is 11.6 Å². The van der Waals surface area contributed by atoms with Crippen LogP contribution in [-0.4, -0.2) is 16.8 Å². The van der Waals surface area contributed by atoms with Gasteiger partial charge in [0.25, 0.3) is 0 Å². The second-order valence-electron chi connectivity index (χ2n) is 4.02. The molecule has 2 aliphatic rings. The number of rotatable bonds is 2. The Labute approximate surface area is 100.0 Å². The van der Waals surface area contributed by atoms with E-state index in [1.165, 1.54) is 10.6 Å². The number of hydrogen-bond acceptors (Lipinski definition) is 2. The van der Waals surface area contributed by atoms with Crippen molar-refractivity contribution < 1.29 is 0 Å². The van der Waals surface area contributed by atoms with Gasteiger partial charge < -0.3 is 0 Å². The van der Waals surface area contributed by atoms with Crippen molar-refractivity contribution in [2.24, 2.45) is 10.9 Å². The summed E-state index contributed by atoms with van der Waals surface area (Å²) in [6, 6.07) is 10.5. The van der Waals surface area contributed by atoms with Crippen LogP contribution in [-0.2, 0) is 0 Å². The Morgan fingerprint density at radius 3 is 2.56 bits per heavy atom. The first-order valence-corrected chi connectivity index (χ1v) is 6.43. The average molecular weight is 227 g/mol. The molecule has 1 aromatic rings. The van der Waals surface area contributed by atoms with Crippen LogP contribution in [0.25, 0.3) is 0 Å². The van der Waals surface area contributed by atoms with E-state index in [9.17, 15) is 0 Å². The number of hydrogen-bond donors (Lipinski definition) is 0. The molecule has 80 valence electrons. The molecule has 1 aliphatic heterocycles. The van der Waals surface area contributed by atoms with E-state index in [2.05, 4.69) is 53.6 Å². The molecule has 0 saturated heterocycles. The molecule has 2 heteroatoms. The van der Waals surface area contributed by atoms with E-state index in [0.717, 1.165) is 6.54 Å². The maximum atomic E-state index is 4.64. The fourth-order valence-corrected chi connectivity index (χ4v) is 3.22. The predicted molar refractivity (Wildman–Crippen MR) is 71.0 cm³/mol. The van der Waals surface area contributed by atoms with Crippen LogP contribution >= 0.6 is 11.8 Å². The minimum Gasteiger partial charge on any atom is -0.277 e. The minimum atomic E-state index is 0.565. The summed E-state index contributed by atoms with van der Waals surface area (Å²) in [5.74, 6) is 0.565. The number of allylic oxidation sites excluding steroid dienone is 4. The molecule has 1 heterocycles. The van der Waals surface area contributed by atoms with Gasteiger partial charge >= 0.3 is 0 Å². The SMILES string of the molecule is C1=CC([C@H]2CN=C(c3ccccc3)S2)C=C1. The number of thioether (sulfide) groups is 1. The topological polar surface area (TPSA) is 12.4 Å². The molecular formula is C14H13NS. The van der Waals surface area contributed by atoms with Gasteiger partial charge in [-0.15, -0.1) is 11.8 Å². The minimum absolute atomic E-state index is 0.565. The zero-order valence-corrected chi connectivity index (χ0v) is 9.73. The number of benzene rings is 1. The summed E-state index contributed by atoms with van der Waals surface area (Å²) in [5, 5.41) is 1.78. The second kappa shape index (κ2) is 4.30. The molecule has 3 rings (SSSR count). The Kier molecular flexibility index (Phi) is 2.66. The monoisotopic (exact) mass is 227 g/mol. The third-order valence-corrected chi connectivity index (χ3v) is 4.26. The summed E-state index contributed by atoms with van der Waals surface area (Å²) in [6.07, 6.45) is 8.79. The van der Waals surface area contributed by atoms with E-state index < -0.39 is 0 Å². The maximum Gasteiger partial charge on any atom is 0.0980 e. The standard InChI is InChI=1S/C14H13NS/c1-2-8-12(9-3-1)14-15-10-13(16-14)11-6-4-5-7-11/h1-9,11,13H,10H2/t13-/m1/s1. The van der Waals surface area contributed by atoms with E-state index in [1.54, 1.807) is 0 Å². The van der Waals surface area contributed by atoms with Crippen molar-refractivity contribution in [1.29, 1.82) is 0 Å². The summed E-state index contributed by atoms with van der Waals surface area (Å²) in [4.78, 5) is 4.64. The van der Waals surface area contributed by atoms with Gasteiger partial charge in [-0.05, 0) is 0 Å². The van der Waals surface area contributed by atoms with Gasteiger partial charge in [-0.1, -0.05) is 54.6 Å². The van der Waals surface area contributed by atoms with E-state index in [0.29, 0.717) is 11.2 Å². The Balaban J connectivity index is 1.73. The van der Waals surface area contributed by atoms with Crippen molar-refractivity contribution in [3.05, 3.63) is 60.2 Å². The lowest BCUT2D eigenvalue weighted by Crippen LogP contribution is -2.12. The first kappa shape index (κ1) is 9.91. The van der Waals surface area contributed by atoms with Gasteiger partial charge in [-0.25, -0.2) is 0 Å². The highest BCUT2D eigenvalue weighted by molar-refractivity contribution is 8.15. The van der Waals surface area contributed by atoms with Gasteiger partial charge in [-0.3, -0.25) is 4.99 Å². The molecule has 0 unspecified atom stereocenters. The van der Waals surface area contributed by atoms with Crippen molar-refractivity contribution in [2.45, 2.75) is 5.25 Å². The molecule has 0 spiro atoms. The molecule has 1 aromatic carbocycles. The lowest BCUT2D eigenvalue weighted by atomic mass is 10.1. The van der Waals surface area contributed by atoms with E-state index in [4.69, 9.17) is 0 Å². The van der Waals surface area contributed by atoms with Crippen LogP contribution < -0.4 is 0 Å². The summed E-state index contributed by atoms with van der Waals surface area (Å²) in [6.45, 7) is 0.939. The van der Waals surface area contributed by atoms with Crippen LogP contribution in [0.15, 0.2) is 59.6 Å². The van der Waals surface area contributed by atoms with Crippen LogP contribution in [0.4, 0.5) is 0 Å². The van der Waals surface area contributed by atoms with Crippen LogP contribution in [0.2, 0.25) is 0 Å². The van der Waals surface area contributed by atoms with Crippen LogP contribution in [0.1, 0.15) is 5.56 Å². The molecule has 0 bridgehead atoms. The van der Waals surface area contributed by atoms with Gasteiger partial charge in [-0.2, -0.15) is 0 Å². The van der Waals surface area contributed by atoms with Crippen LogP contribution in [0.5, 0.6) is 0 Å². The van der Waals surface area contributed by atoms with E-state index >= 15 is 0 Å². The quantitative estimate of drug-likeness (QED) is 0.755. The van der Waals surface area contributed by atoms with Gasteiger partial charge in [0.2, 0.25) is 0 Å². The Morgan fingerprint density at radius 2 is 1.81 bits per heavy atom. The molecule has 0 saturated carbocycles. The fraction of sp³-hybridized carbons (Fsp3) is 0.214. The molecular weight excluding hydrogens is 214 g/mol. The van der Waals surface area contributed by atoms with Crippen molar-refractivity contribution in [1.82, 2.24) is 0 Å². The van der Waals surface area contributed by atoms with E-state index in [-0.39, 0.29) is 0 Å².